The molecule has 0 heterocycles. The molecule has 0 radical (unpaired) electrons. The number of ether oxygens (including phenoxy) is 2. The van der Waals surface area contributed by atoms with E-state index in [9.17, 15) is 14.7 Å². The third-order valence-corrected chi connectivity index (χ3v) is 9.98. The van der Waals surface area contributed by atoms with Crippen molar-refractivity contribution in [2.75, 3.05) is 13.2 Å². The number of hydrogen-bond acceptors (Lipinski definition) is 5. The number of allylic oxidation sites excluding steroid dienone is 12. The summed E-state index contributed by atoms with van der Waals surface area (Å²) in [7, 11) is 0. The van der Waals surface area contributed by atoms with Gasteiger partial charge in [0.05, 0.1) is 6.61 Å². The third-order valence-electron chi connectivity index (χ3n) is 9.98. The Labute approximate surface area is 346 Å². The lowest BCUT2D eigenvalue weighted by Crippen LogP contribution is -2.28. The molecule has 0 bridgehead atoms. The molecule has 0 fully saturated rings. The van der Waals surface area contributed by atoms with Gasteiger partial charge in [-0.15, -0.1) is 0 Å². The van der Waals surface area contributed by atoms with Crippen molar-refractivity contribution >= 4 is 11.9 Å². The van der Waals surface area contributed by atoms with E-state index >= 15 is 0 Å². The topological polar surface area (TPSA) is 72.8 Å². The summed E-state index contributed by atoms with van der Waals surface area (Å²) in [6, 6.07) is 0. The standard InChI is InChI=1S/C51H88O5/c1-3-5-7-9-11-13-15-17-19-21-23-24-25-26-28-30-32-34-36-38-40-42-44-46-51(54)56-49(47-52)48-55-50(53)45-43-41-39-37-35-33-31-29-27-22-20-18-16-14-12-10-8-6-4-2/h5,7,11-14,17-20,23-24,49,52H,3-4,6,8-10,15-16,21-22,25-48H2,1-2H3/b7-5-,13-11-,14-12-,19-17-,20-18-,24-23-. The number of unbranched alkanes of at least 4 members (excludes halogenated alkanes) is 22. The maximum atomic E-state index is 12.2. The molecule has 0 aliphatic heterocycles. The number of aliphatic hydroxyl groups is 1. The lowest BCUT2D eigenvalue weighted by molar-refractivity contribution is -0.161. The van der Waals surface area contributed by atoms with Crippen LogP contribution in [0.15, 0.2) is 72.9 Å². The molecular weight excluding hydrogens is 693 g/mol. The van der Waals surface area contributed by atoms with Gasteiger partial charge in [0, 0.05) is 12.8 Å². The summed E-state index contributed by atoms with van der Waals surface area (Å²) in [4.78, 5) is 24.4. The Morgan fingerprint density at radius 2 is 0.768 bits per heavy atom. The molecule has 0 rings (SSSR count). The maximum Gasteiger partial charge on any atom is 0.306 e. The summed E-state index contributed by atoms with van der Waals surface area (Å²) >= 11 is 0. The highest BCUT2D eigenvalue weighted by Gasteiger charge is 2.16. The van der Waals surface area contributed by atoms with Gasteiger partial charge in [0.25, 0.3) is 0 Å². The van der Waals surface area contributed by atoms with Gasteiger partial charge in [0.15, 0.2) is 6.10 Å². The summed E-state index contributed by atoms with van der Waals surface area (Å²) in [5.74, 6) is -0.600. The fraction of sp³-hybridized carbons (Fsp3) is 0.725. The van der Waals surface area contributed by atoms with Gasteiger partial charge in [-0.1, -0.05) is 196 Å². The van der Waals surface area contributed by atoms with E-state index in [0.29, 0.717) is 12.8 Å². The minimum Gasteiger partial charge on any atom is -0.462 e. The Morgan fingerprint density at radius 1 is 0.429 bits per heavy atom. The van der Waals surface area contributed by atoms with Crippen molar-refractivity contribution in [2.24, 2.45) is 0 Å². The Morgan fingerprint density at radius 3 is 1.16 bits per heavy atom. The highest BCUT2D eigenvalue weighted by molar-refractivity contribution is 5.70. The number of carbonyl (C=O) groups is 2. The molecule has 322 valence electrons. The molecule has 0 spiro atoms. The first-order chi connectivity index (χ1) is 27.6. The molecule has 1 unspecified atom stereocenters. The van der Waals surface area contributed by atoms with Crippen LogP contribution in [0.3, 0.4) is 0 Å². The van der Waals surface area contributed by atoms with Crippen molar-refractivity contribution in [1.82, 2.24) is 0 Å². The van der Waals surface area contributed by atoms with Crippen molar-refractivity contribution in [3.8, 4) is 0 Å². The van der Waals surface area contributed by atoms with Crippen LogP contribution in [0, 0.1) is 0 Å². The Kier molecular flexibility index (Phi) is 44.5. The van der Waals surface area contributed by atoms with Gasteiger partial charge < -0.3 is 14.6 Å². The fourth-order valence-corrected chi connectivity index (χ4v) is 6.46. The molecule has 0 aliphatic carbocycles. The number of carbonyl (C=O) groups excluding carboxylic acids is 2. The highest BCUT2D eigenvalue weighted by Crippen LogP contribution is 2.14. The number of hydrogen-bond donors (Lipinski definition) is 1. The molecule has 1 atom stereocenters. The average molecular weight is 781 g/mol. The molecule has 0 aromatic carbocycles. The van der Waals surface area contributed by atoms with Crippen LogP contribution in [0.2, 0.25) is 0 Å². The first-order valence-electron chi connectivity index (χ1n) is 23.5. The molecule has 0 aliphatic rings. The lowest BCUT2D eigenvalue weighted by Gasteiger charge is -2.15. The maximum absolute atomic E-state index is 12.2. The highest BCUT2D eigenvalue weighted by atomic mass is 16.6. The van der Waals surface area contributed by atoms with Crippen molar-refractivity contribution in [3.05, 3.63) is 72.9 Å². The van der Waals surface area contributed by atoms with E-state index in [1.807, 2.05) is 0 Å². The van der Waals surface area contributed by atoms with Crippen LogP contribution >= 0.6 is 0 Å². The van der Waals surface area contributed by atoms with Gasteiger partial charge in [0.1, 0.15) is 6.61 Å². The van der Waals surface area contributed by atoms with E-state index in [-0.39, 0.29) is 25.2 Å². The molecular formula is C51H88O5. The lowest BCUT2D eigenvalue weighted by atomic mass is 10.0. The number of aliphatic hydroxyl groups excluding tert-OH is 1. The summed E-state index contributed by atoms with van der Waals surface area (Å²) in [5, 5.41) is 9.61. The zero-order chi connectivity index (χ0) is 40.7. The van der Waals surface area contributed by atoms with Gasteiger partial charge in [-0.2, -0.15) is 0 Å². The van der Waals surface area contributed by atoms with Gasteiger partial charge in [-0.05, 0) is 83.5 Å². The molecule has 5 nitrogen and oxygen atoms in total. The average Bonchev–Trinajstić information content (AvgIpc) is 3.20. The zero-order valence-corrected chi connectivity index (χ0v) is 36.6. The molecule has 0 aromatic rings. The normalized spacial score (nSPS) is 12.8. The fourth-order valence-electron chi connectivity index (χ4n) is 6.46. The summed E-state index contributed by atoms with van der Waals surface area (Å²) in [6.07, 6.45) is 62.6. The van der Waals surface area contributed by atoms with Crippen molar-refractivity contribution in [3.63, 3.8) is 0 Å². The van der Waals surface area contributed by atoms with E-state index in [1.165, 1.54) is 122 Å². The molecule has 0 saturated carbocycles. The van der Waals surface area contributed by atoms with Crippen molar-refractivity contribution in [1.29, 1.82) is 0 Å². The summed E-state index contributed by atoms with van der Waals surface area (Å²) in [6.45, 7) is 4.00. The van der Waals surface area contributed by atoms with Crippen LogP contribution in [0.4, 0.5) is 0 Å². The van der Waals surface area contributed by atoms with E-state index < -0.39 is 6.10 Å². The van der Waals surface area contributed by atoms with Crippen LogP contribution in [-0.4, -0.2) is 36.4 Å². The third kappa shape index (κ3) is 44.1. The second-order valence-corrected chi connectivity index (χ2v) is 15.4. The molecule has 1 N–H and O–H groups in total. The molecule has 56 heavy (non-hydrogen) atoms. The second kappa shape index (κ2) is 46.7. The summed E-state index contributed by atoms with van der Waals surface area (Å²) in [5.41, 5.74) is 0. The van der Waals surface area contributed by atoms with E-state index in [4.69, 9.17) is 9.47 Å². The minimum absolute atomic E-state index is 0.0720. The molecule has 5 heteroatoms. The summed E-state index contributed by atoms with van der Waals surface area (Å²) < 4.78 is 10.7. The number of esters is 2. The SMILES string of the molecule is CC/C=C\C/C=C\C/C=C\C/C=C\CCCCCCCCCCCCC(=O)OC(CO)COC(=O)CCCCCCCCCCC/C=C\C/C=C\CCCCC. The van der Waals surface area contributed by atoms with Crippen LogP contribution < -0.4 is 0 Å². The van der Waals surface area contributed by atoms with E-state index in [0.717, 1.165) is 70.6 Å². The minimum atomic E-state index is -0.779. The van der Waals surface area contributed by atoms with E-state index in [2.05, 4.69) is 86.8 Å². The Bertz CT molecular complexity index is 1020. The predicted octanol–water partition coefficient (Wildman–Crippen LogP) is 15.3. The van der Waals surface area contributed by atoms with Crippen LogP contribution in [0.1, 0.15) is 219 Å². The smallest absolute Gasteiger partial charge is 0.306 e. The largest absolute Gasteiger partial charge is 0.462 e. The monoisotopic (exact) mass is 781 g/mol. The van der Waals surface area contributed by atoms with Crippen molar-refractivity contribution < 1.29 is 24.2 Å². The van der Waals surface area contributed by atoms with Gasteiger partial charge in [-0.3, -0.25) is 9.59 Å². The molecule has 0 aromatic heterocycles. The van der Waals surface area contributed by atoms with Crippen molar-refractivity contribution in [2.45, 2.75) is 225 Å². The second-order valence-electron chi connectivity index (χ2n) is 15.4. The molecule has 0 amide bonds. The van der Waals surface area contributed by atoms with Crippen LogP contribution in [0.5, 0.6) is 0 Å². The van der Waals surface area contributed by atoms with Crippen LogP contribution in [0.25, 0.3) is 0 Å². The zero-order valence-electron chi connectivity index (χ0n) is 36.6. The number of rotatable bonds is 42. The van der Waals surface area contributed by atoms with Gasteiger partial charge >= 0.3 is 11.9 Å². The first-order valence-corrected chi connectivity index (χ1v) is 23.5. The Balaban J connectivity index is 3.54. The van der Waals surface area contributed by atoms with Gasteiger partial charge in [-0.25, -0.2) is 0 Å². The van der Waals surface area contributed by atoms with Gasteiger partial charge in [0.2, 0.25) is 0 Å². The first kappa shape index (κ1) is 53.3. The predicted molar refractivity (Wildman–Crippen MR) is 242 cm³/mol. The Hall–Kier alpha value is -2.66. The quantitative estimate of drug-likeness (QED) is 0.0379. The van der Waals surface area contributed by atoms with E-state index in [1.54, 1.807) is 0 Å². The molecule has 0 saturated heterocycles. The van der Waals surface area contributed by atoms with Crippen LogP contribution in [-0.2, 0) is 19.1 Å².